The van der Waals surface area contributed by atoms with Gasteiger partial charge in [0, 0.05) is 23.8 Å². The Morgan fingerprint density at radius 3 is 2.55 bits per heavy atom. The van der Waals surface area contributed by atoms with Gasteiger partial charge in [0.15, 0.2) is 6.61 Å². The van der Waals surface area contributed by atoms with E-state index in [1.54, 1.807) is 37.3 Å². The first kappa shape index (κ1) is 21.6. The molecule has 1 fully saturated rings. The van der Waals surface area contributed by atoms with Gasteiger partial charge >= 0.3 is 0 Å². The van der Waals surface area contributed by atoms with Crippen LogP contribution in [0.2, 0.25) is 5.02 Å². The first-order valence-electron chi connectivity index (χ1n) is 9.15. The lowest BCUT2D eigenvalue weighted by molar-refractivity contribution is -0.118. The highest BCUT2D eigenvalue weighted by atomic mass is 35.5. The van der Waals surface area contributed by atoms with E-state index in [2.05, 4.69) is 5.32 Å². The summed E-state index contributed by atoms with van der Waals surface area (Å²) >= 11 is 5.91. The Bertz CT molecular complexity index is 1000. The molecule has 1 N–H and O–H groups in total. The van der Waals surface area contributed by atoms with Crippen LogP contribution in [0.5, 0.6) is 5.75 Å². The molecule has 9 heteroatoms. The van der Waals surface area contributed by atoms with Crippen molar-refractivity contribution in [1.29, 1.82) is 0 Å². The number of benzene rings is 2. The molecular formula is C20H23ClN2O5S. The van der Waals surface area contributed by atoms with Gasteiger partial charge in [0.25, 0.3) is 5.91 Å². The number of nitrogens with one attached hydrogen (secondary N) is 1. The number of morpholine rings is 1. The minimum atomic E-state index is -3.66. The van der Waals surface area contributed by atoms with E-state index in [0.29, 0.717) is 48.3 Å². The summed E-state index contributed by atoms with van der Waals surface area (Å²) in [4.78, 5) is 12.4. The fourth-order valence-corrected chi connectivity index (χ4v) is 4.88. The van der Waals surface area contributed by atoms with Crippen molar-refractivity contribution < 1.29 is 22.7 Å². The van der Waals surface area contributed by atoms with Crippen molar-refractivity contribution in [3.05, 3.63) is 52.5 Å². The van der Waals surface area contributed by atoms with Crippen LogP contribution in [-0.4, -0.2) is 51.5 Å². The third-order valence-corrected chi connectivity index (χ3v) is 6.83. The minimum Gasteiger partial charge on any atom is -0.483 e. The molecule has 0 aromatic heterocycles. The Balaban J connectivity index is 1.69. The quantitative estimate of drug-likeness (QED) is 0.749. The molecule has 0 saturated carbocycles. The summed E-state index contributed by atoms with van der Waals surface area (Å²) in [6.45, 7) is 4.72. The highest BCUT2D eigenvalue weighted by Crippen LogP contribution is 2.25. The molecule has 1 heterocycles. The first-order chi connectivity index (χ1) is 13.8. The summed E-state index contributed by atoms with van der Waals surface area (Å²) in [5, 5.41) is 3.28. The maximum atomic E-state index is 12.9. The molecule has 0 aliphatic carbocycles. The third kappa shape index (κ3) is 5.27. The van der Waals surface area contributed by atoms with Gasteiger partial charge in [-0.15, -0.1) is 0 Å². The molecule has 0 atom stereocenters. The largest absolute Gasteiger partial charge is 0.483 e. The van der Waals surface area contributed by atoms with Crippen molar-refractivity contribution >= 4 is 33.2 Å². The van der Waals surface area contributed by atoms with E-state index in [1.165, 1.54) is 10.4 Å². The van der Waals surface area contributed by atoms with Gasteiger partial charge in [-0.25, -0.2) is 8.42 Å². The lowest BCUT2D eigenvalue weighted by atomic mass is 10.2. The van der Waals surface area contributed by atoms with Crippen LogP contribution in [0.3, 0.4) is 0 Å². The zero-order valence-electron chi connectivity index (χ0n) is 16.3. The van der Waals surface area contributed by atoms with Crippen LogP contribution in [-0.2, 0) is 19.6 Å². The van der Waals surface area contributed by atoms with E-state index >= 15 is 0 Å². The van der Waals surface area contributed by atoms with E-state index in [0.717, 1.165) is 5.56 Å². The van der Waals surface area contributed by atoms with Crippen LogP contribution < -0.4 is 10.1 Å². The van der Waals surface area contributed by atoms with Crippen molar-refractivity contribution in [3.63, 3.8) is 0 Å². The number of hydrogen-bond donors (Lipinski definition) is 1. The van der Waals surface area contributed by atoms with Crippen LogP contribution >= 0.6 is 11.6 Å². The zero-order chi connectivity index (χ0) is 21.0. The molecule has 2 aromatic carbocycles. The molecule has 1 aliphatic heterocycles. The van der Waals surface area contributed by atoms with Gasteiger partial charge in [0.2, 0.25) is 10.0 Å². The molecule has 2 aromatic rings. The molecule has 156 valence electrons. The second-order valence-corrected chi connectivity index (χ2v) is 9.09. The van der Waals surface area contributed by atoms with Crippen LogP contribution in [0.25, 0.3) is 0 Å². The summed E-state index contributed by atoms with van der Waals surface area (Å²) in [6.07, 6.45) is 0. The standard InChI is InChI=1S/C20H23ClN2O5S/c1-14-3-5-17(12-19(14)29(25,26)23-7-9-27-10-8-23)22-20(24)13-28-18-6-4-16(21)11-15(18)2/h3-6,11-12H,7-10,13H2,1-2H3,(H,22,24). The maximum Gasteiger partial charge on any atom is 0.262 e. The van der Waals surface area contributed by atoms with Gasteiger partial charge in [0.1, 0.15) is 5.75 Å². The normalized spacial score (nSPS) is 15.1. The van der Waals surface area contributed by atoms with Gasteiger partial charge < -0.3 is 14.8 Å². The number of amides is 1. The topological polar surface area (TPSA) is 84.9 Å². The highest BCUT2D eigenvalue weighted by molar-refractivity contribution is 7.89. The highest BCUT2D eigenvalue weighted by Gasteiger charge is 2.28. The number of ether oxygens (including phenoxy) is 2. The van der Waals surface area contributed by atoms with E-state index in [4.69, 9.17) is 21.1 Å². The van der Waals surface area contributed by atoms with Gasteiger partial charge in [-0.2, -0.15) is 4.31 Å². The maximum absolute atomic E-state index is 12.9. The molecule has 29 heavy (non-hydrogen) atoms. The lowest BCUT2D eigenvalue weighted by Crippen LogP contribution is -2.40. The number of aryl methyl sites for hydroxylation is 2. The summed E-state index contributed by atoms with van der Waals surface area (Å²) < 4.78 is 38.0. The number of rotatable bonds is 6. The second-order valence-electron chi connectivity index (χ2n) is 6.74. The Labute approximate surface area is 175 Å². The SMILES string of the molecule is Cc1cc(Cl)ccc1OCC(=O)Nc1ccc(C)c(S(=O)(=O)N2CCOCC2)c1. The van der Waals surface area contributed by atoms with Crippen molar-refractivity contribution in [2.75, 3.05) is 38.2 Å². The average Bonchev–Trinajstić information content (AvgIpc) is 2.69. The average molecular weight is 439 g/mol. The summed E-state index contributed by atoms with van der Waals surface area (Å²) in [7, 11) is -3.66. The molecule has 0 spiro atoms. The number of carbonyl (C=O) groups is 1. The Hall–Kier alpha value is -2.13. The number of carbonyl (C=O) groups excluding carboxylic acids is 1. The molecule has 7 nitrogen and oxygen atoms in total. The number of halogens is 1. The van der Waals surface area contributed by atoms with E-state index < -0.39 is 15.9 Å². The smallest absolute Gasteiger partial charge is 0.262 e. The van der Waals surface area contributed by atoms with Crippen LogP contribution in [0.15, 0.2) is 41.3 Å². The number of sulfonamides is 1. The predicted molar refractivity (Wildman–Crippen MR) is 111 cm³/mol. The number of hydrogen-bond acceptors (Lipinski definition) is 5. The predicted octanol–water partition coefficient (Wildman–Crippen LogP) is 3.00. The van der Waals surface area contributed by atoms with Crippen molar-refractivity contribution in [2.24, 2.45) is 0 Å². The fraction of sp³-hybridized carbons (Fsp3) is 0.350. The molecule has 3 rings (SSSR count). The Kier molecular flexibility index (Phi) is 6.79. The van der Waals surface area contributed by atoms with Crippen molar-refractivity contribution in [3.8, 4) is 5.75 Å². The Morgan fingerprint density at radius 1 is 1.14 bits per heavy atom. The molecular weight excluding hydrogens is 416 g/mol. The molecule has 0 bridgehead atoms. The Morgan fingerprint density at radius 2 is 1.86 bits per heavy atom. The third-order valence-electron chi connectivity index (χ3n) is 4.56. The van der Waals surface area contributed by atoms with Gasteiger partial charge in [0.05, 0.1) is 18.1 Å². The monoisotopic (exact) mass is 438 g/mol. The van der Waals surface area contributed by atoms with Gasteiger partial charge in [-0.3, -0.25) is 4.79 Å². The number of anilines is 1. The van der Waals surface area contributed by atoms with E-state index in [9.17, 15) is 13.2 Å². The number of nitrogens with zero attached hydrogens (tertiary/aromatic N) is 1. The lowest BCUT2D eigenvalue weighted by Gasteiger charge is -2.26. The molecule has 0 radical (unpaired) electrons. The summed E-state index contributed by atoms with van der Waals surface area (Å²) in [5.41, 5.74) is 1.82. The van der Waals surface area contributed by atoms with Crippen molar-refractivity contribution in [1.82, 2.24) is 4.31 Å². The van der Waals surface area contributed by atoms with Crippen LogP contribution in [0, 0.1) is 13.8 Å². The zero-order valence-corrected chi connectivity index (χ0v) is 17.8. The second kappa shape index (κ2) is 9.13. The molecule has 1 aliphatic rings. The summed E-state index contributed by atoms with van der Waals surface area (Å²) in [6, 6.07) is 9.95. The van der Waals surface area contributed by atoms with E-state index in [-0.39, 0.29) is 11.5 Å². The molecule has 1 saturated heterocycles. The molecule has 0 unspecified atom stereocenters. The van der Waals surface area contributed by atoms with E-state index in [1.807, 2.05) is 6.92 Å². The van der Waals surface area contributed by atoms with Crippen molar-refractivity contribution in [2.45, 2.75) is 18.7 Å². The fourth-order valence-electron chi connectivity index (χ4n) is 3.00. The van der Waals surface area contributed by atoms with Crippen LogP contribution in [0.4, 0.5) is 5.69 Å². The van der Waals surface area contributed by atoms with Gasteiger partial charge in [-0.05, 0) is 55.3 Å². The van der Waals surface area contributed by atoms with Crippen LogP contribution in [0.1, 0.15) is 11.1 Å². The summed E-state index contributed by atoms with van der Waals surface area (Å²) in [5.74, 6) is 0.168. The molecule has 1 amide bonds. The minimum absolute atomic E-state index is 0.173. The first-order valence-corrected chi connectivity index (χ1v) is 11.0. The van der Waals surface area contributed by atoms with Gasteiger partial charge in [-0.1, -0.05) is 17.7 Å².